The number of benzene rings is 2. The lowest BCUT2D eigenvalue weighted by Crippen LogP contribution is -1.98. The van der Waals surface area contributed by atoms with Crippen molar-refractivity contribution in [1.29, 1.82) is 0 Å². The van der Waals surface area contributed by atoms with Crippen LogP contribution in [0.1, 0.15) is 5.56 Å². The van der Waals surface area contributed by atoms with E-state index in [0.29, 0.717) is 0 Å². The van der Waals surface area contributed by atoms with Gasteiger partial charge in [0.15, 0.2) is 0 Å². The Balaban J connectivity index is 1.97. The SMILES string of the molecule is Nc1ccc(NCc2ccc(O)cc2)cc1. The van der Waals surface area contributed by atoms with Crippen LogP contribution in [-0.2, 0) is 6.54 Å². The Morgan fingerprint density at radius 2 is 1.56 bits per heavy atom. The van der Waals surface area contributed by atoms with Crippen LogP contribution in [0.5, 0.6) is 5.75 Å². The molecule has 0 atom stereocenters. The Labute approximate surface area is 94.5 Å². The van der Waals surface area contributed by atoms with Gasteiger partial charge >= 0.3 is 0 Å². The molecule has 0 aromatic heterocycles. The Hall–Kier alpha value is -2.16. The third-order valence-electron chi connectivity index (χ3n) is 2.34. The highest BCUT2D eigenvalue weighted by Gasteiger charge is 1.94. The van der Waals surface area contributed by atoms with Crippen LogP contribution in [0.4, 0.5) is 11.4 Å². The van der Waals surface area contributed by atoms with Crippen molar-refractivity contribution in [3.8, 4) is 5.75 Å². The van der Waals surface area contributed by atoms with Crippen molar-refractivity contribution < 1.29 is 5.11 Å². The molecule has 82 valence electrons. The van der Waals surface area contributed by atoms with E-state index in [-0.39, 0.29) is 5.75 Å². The van der Waals surface area contributed by atoms with Gasteiger partial charge in [0.05, 0.1) is 0 Å². The largest absolute Gasteiger partial charge is 0.508 e. The van der Waals surface area contributed by atoms with E-state index >= 15 is 0 Å². The molecule has 3 heteroatoms. The Bertz CT molecular complexity index is 403. The fourth-order valence-electron chi connectivity index (χ4n) is 1.42. The second kappa shape index (κ2) is 4.57. The van der Waals surface area contributed by atoms with E-state index in [9.17, 15) is 0 Å². The van der Waals surface area contributed by atoms with Crippen LogP contribution >= 0.6 is 0 Å². The third-order valence-corrected chi connectivity index (χ3v) is 2.34. The topological polar surface area (TPSA) is 58.3 Å². The smallest absolute Gasteiger partial charge is 0.115 e. The maximum Gasteiger partial charge on any atom is 0.115 e. The predicted octanol–water partition coefficient (Wildman–Crippen LogP) is 2.59. The fraction of sp³-hybridized carbons (Fsp3) is 0.0769. The standard InChI is InChI=1S/C13H14N2O/c14-11-3-5-12(6-4-11)15-9-10-1-7-13(16)8-2-10/h1-8,15-16H,9,14H2. The van der Waals surface area contributed by atoms with Gasteiger partial charge in [0.25, 0.3) is 0 Å². The first-order valence-corrected chi connectivity index (χ1v) is 5.11. The highest BCUT2D eigenvalue weighted by molar-refractivity contribution is 5.51. The van der Waals surface area contributed by atoms with Crippen molar-refractivity contribution in [2.75, 3.05) is 11.1 Å². The van der Waals surface area contributed by atoms with E-state index in [1.54, 1.807) is 12.1 Å². The minimum absolute atomic E-state index is 0.288. The number of aromatic hydroxyl groups is 1. The van der Waals surface area contributed by atoms with Gasteiger partial charge in [-0.1, -0.05) is 12.1 Å². The summed E-state index contributed by atoms with van der Waals surface area (Å²) >= 11 is 0. The molecule has 0 radical (unpaired) electrons. The van der Waals surface area contributed by atoms with Gasteiger partial charge in [0.2, 0.25) is 0 Å². The van der Waals surface area contributed by atoms with Crippen molar-refractivity contribution in [2.45, 2.75) is 6.54 Å². The van der Waals surface area contributed by atoms with Gasteiger partial charge in [-0.3, -0.25) is 0 Å². The first-order chi connectivity index (χ1) is 7.74. The molecule has 0 bridgehead atoms. The molecule has 0 saturated heterocycles. The average molecular weight is 214 g/mol. The molecule has 4 N–H and O–H groups in total. The minimum atomic E-state index is 0.288. The van der Waals surface area contributed by atoms with E-state index in [2.05, 4.69) is 5.32 Å². The lowest BCUT2D eigenvalue weighted by atomic mass is 10.2. The summed E-state index contributed by atoms with van der Waals surface area (Å²) in [7, 11) is 0. The molecule has 0 unspecified atom stereocenters. The molecular formula is C13H14N2O. The van der Waals surface area contributed by atoms with Crippen LogP contribution in [0.2, 0.25) is 0 Å². The number of hydrogen-bond acceptors (Lipinski definition) is 3. The molecule has 0 aliphatic heterocycles. The Kier molecular flexibility index (Phi) is 2.96. The lowest BCUT2D eigenvalue weighted by Gasteiger charge is -2.06. The Morgan fingerprint density at radius 1 is 0.938 bits per heavy atom. The zero-order chi connectivity index (χ0) is 11.4. The zero-order valence-corrected chi connectivity index (χ0v) is 8.85. The first-order valence-electron chi connectivity index (χ1n) is 5.11. The molecule has 0 amide bonds. The van der Waals surface area contributed by atoms with Crippen LogP contribution in [0.25, 0.3) is 0 Å². The van der Waals surface area contributed by atoms with Gasteiger partial charge in [0, 0.05) is 17.9 Å². The number of nitrogens with two attached hydrogens (primary N) is 1. The highest BCUT2D eigenvalue weighted by atomic mass is 16.3. The summed E-state index contributed by atoms with van der Waals surface area (Å²) in [6.45, 7) is 0.726. The first kappa shape index (κ1) is 10.4. The molecule has 2 rings (SSSR count). The van der Waals surface area contributed by atoms with E-state index in [4.69, 9.17) is 10.8 Å². The highest BCUT2D eigenvalue weighted by Crippen LogP contribution is 2.13. The van der Waals surface area contributed by atoms with E-state index in [1.165, 1.54) is 0 Å². The van der Waals surface area contributed by atoms with Crippen molar-refractivity contribution in [2.24, 2.45) is 0 Å². The summed E-state index contributed by atoms with van der Waals surface area (Å²) in [6.07, 6.45) is 0. The van der Waals surface area contributed by atoms with Gasteiger partial charge in [-0.05, 0) is 42.0 Å². The molecular weight excluding hydrogens is 200 g/mol. The summed E-state index contributed by atoms with van der Waals surface area (Å²) in [4.78, 5) is 0. The summed E-state index contributed by atoms with van der Waals surface area (Å²) in [5, 5.41) is 12.4. The molecule has 0 aliphatic rings. The second-order valence-corrected chi connectivity index (χ2v) is 3.64. The molecule has 0 saturated carbocycles. The molecule has 0 fully saturated rings. The molecule has 0 spiro atoms. The summed E-state index contributed by atoms with van der Waals surface area (Å²) < 4.78 is 0. The van der Waals surface area contributed by atoms with E-state index < -0.39 is 0 Å². The minimum Gasteiger partial charge on any atom is -0.508 e. The number of hydrogen-bond donors (Lipinski definition) is 3. The quantitative estimate of drug-likeness (QED) is 0.688. The van der Waals surface area contributed by atoms with Gasteiger partial charge in [-0.15, -0.1) is 0 Å². The maximum absolute atomic E-state index is 9.14. The summed E-state index contributed by atoms with van der Waals surface area (Å²) in [5.74, 6) is 0.288. The van der Waals surface area contributed by atoms with E-state index in [0.717, 1.165) is 23.5 Å². The average Bonchev–Trinajstić information content (AvgIpc) is 2.30. The second-order valence-electron chi connectivity index (χ2n) is 3.64. The van der Waals surface area contributed by atoms with Gasteiger partial charge in [-0.2, -0.15) is 0 Å². The van der Waals surface area contributed by atoms with Crippen molar-refractivity contribution in [3.63, 3.8) is 0 Å². The number of phenolic OH excluding ortho intramolecular Hbond substituents is 1. The molecule has 3 nitrogen and oxygen atoms in total. The molecule has 0 heterocycles. The summed E-state index contributed by atoms with van der Waals surface area (Å²) in [5.41, 5.74) is 8.50. The van der Waals surface area contributed by atoms with Gasteiger partial charge in [-0.25, -0.2) is 0 Å². The maximum atomic E-state index is 9.14. The molecule has 16 heavy (non-hydrogen) atoms. The number of nitrogens with one attached hydrogen (secondary N) is 1. The lowest BCUT2D eigenvalue weighted by molar-refractivity contribution is 0.475. The van der Waals surface area contributed by atoms with Crippen LogP contribution in [0.3, 0.4) is 0 Å². The van der Waals surface area contributed by atoms with Crippen LogP contribution in [-0.4, -0.2) is 5.11 Å². The fourth-order valence-corrected chi connectivity index (χ4v) is 1.42. The van der Waals surface area contributed by atoms with Gasteiger partial charge < -0.3 is 16.2 Å². The third kappa shape index (κ3) is 2.67. The number of rotatable bonds is 3. The van der Waals surface area contributed by atoms with Gasteiger partial charge in [0.1, 0.15) is 5.75 Å². The summed E-state index contributed by atoms with van der Waals surface area (Å²) in [6, 6.07) is 14.7. The van der Waals surface area contributed by atoms with Crippen LogP contribution < -0.4 is 11.1 Å². The molecule has 0 aliphatic carbocycles. The van der Waals surface area contributed by atoms with Crippen LogP contribution in [0.15, 0.2) is 48.5 Å². The normalized spacial score (nSPS) is 10.0. The van der Waals surface area contributed by atoms with Crippen molar-refractivity contribution >= 4 is 11.4 Å². The van der Waals surface area contributed by atoms with E-state index in [1.807, 2.05) is 36.4 Å². The predicted molar refractivity (Wildman–Crippen MR) is 66.3 cm³/mol. The number of phenols is 1. The Morgan fingerprint density at radius 3 is 2.19 bits per heavy atom. The van der Waals surface area contributed by atoms with Crippen LogP contribution in [0, 0.1) is 0 Å². The number of anilines is 2. The zero-order valence-electron chi connectivity index (χ0n) is 8.85. The van der Waals surface area contributed by atoms with Crippen molar-refractivity contribution in [3.05, 3.63) is 54.1 Å². The molecule has 2 aromatic carbocycles. The monoisotopic (exact) mass is 214 g/mol. The van der Waals surface area contributed by atoms with Crippen molar-refractivity contribution in [1.82, 2.24) is 0 Å². The molecule has 2 aromatic rings. The number of nitrogen functional groups attached to an aromatic ring is 1.